The zero-order chi connectivity index (χ0) is 11.5. The molecular formula is C13H12O2S. The molecule has 0 atom stereocenters. The van der Waals surface area contributed by atoms with Crippen LogP contribution < -0.4 is 0 Å². The Kier molecular flexibility index (Phi) is 3.06. The molecule has 3 heteroatoms. The van der Waals surface area contributed by atoms with Crippen LogP contribution in [0.1, 0.15) is 5.56 Å². The summed E-state index contributed by atoms with van der Waals surface area (Å²) in [5.41, 5.74) is 1.10. The van der Waals surface area contributed by atoms with Crippen LogP contribution in [0.3, 0.4) is 0 Å². The fourth-order valence-corrected chi connectivity index (χ4v) is 2.36. The number of aryl methyl sites for hydroxylation is 1. The van der Waals surface area contributed by atoms with Gasteiger partial charge in [0.05, 0.1) is 0 Å². The summed E-state index contributed by atoms with van der Waals surface area (Å²) >= 11 is 1.52. The number of benzene rings is 2. The zero-order valence-corrected chi connectivity index (χ0v) is 9.66. The average molecular weight is 232 g/mol. The maximum Gasteiger partial charge on any atom is 0.116 e. The number of hydrogen-bond acceptors (Lipinski definition) is 3. The zero-order valence-electron chi connectivity index (χ0n) is 8.84. The van der Waals surface area contributed by atoms with Crippen LogP contribution in [-0.2, 0) is 0 Å². The average Bonchev–Trinajstić information content (AvgIpc) is 2.24. The van der Waals surface area contributed by atoms with Gasteiger partial charge in [-0.05, 0) is 42.8 Å². The summed E-state index contributed by atoms with van der Waals surface area (Å²) in [6.45, 7) is 1.99. The SMILES string of the molecule is Cc1ccc(O)cc1Sc1cccc(O)c1. The van der Waals surface area contributed by atoms with Crippen LogP contribution >= 0.6 is 11.8 Å². The lowest BCUT2D eigenvalue weighted by molar-refractivity contribution is 0.473. The molecule has 0 aliphatic rings. The first-order valence-electron chi connectivity index (χ1n) is 4.91. The van der Waals surface area contributed by atoms with E-state index in [4.69, 9.17) is 0 Å². The minimum atomic E-state index is 0.253. The lowest BCUT2D eigenvalue weighted by Gasteiger charge is -2.06. The quantitative estimate of drug-likeness (QED) is 0.831. The summed E-state index contributed by atoms with van der Waals surface area (Å²) in [6, 6.07) is 12.3. The highest BCUT2D eigenvalue weighted by atomic mass is 32.2. The van der Waals surface area contributed by atoms with Gasteiger partial charge in [0.15, 0.2) is 0 Å². The number of rotatable bonds is 2. The van der Waals surface area contributed by atoms with Crippen molar-refractivity contribution in [3.8, 4) is 11.5 Å². The molecule has 0 unspecified atom stereocenters. The smallest absolute Gasteiger partial charge is 0.116 e. The normalized spacial score (nSPS) is 10.3. The molecule has 2 nitrogen and oxygen atoms in total. The Bertz CT molecular complexity index is 509. The van der Waals surface area contributed by atoms with E-state index in [9.17, 15) is 10.2 Å². The van der Waals surface area contributed by atoms with E-state index >= 15 is 0 Å². The van der Waals surface area contributed by atoms with Gasteiger partial charge in [-0.25, -0.2) is 0 Å². The molecule has 2 N–H and O–H groups in total. The van der Waals surface area contributed by atoms with Gasteiger partial charge in [0, 0.05) is 9.79 Å². The van der Waals surface area contributed by atoms with Gasteiger partial charge in [0.1, 0.15) is 11.5 Å². The van der Waals surface area contributed by atoms with E-state index in [1.54, 1.807) is 30.3 Å². The second-order valence-electron chi connectivity index (χ2n) is 3.55. The number of aromatic hydroxyl groups is 2. The van der Waals surface area contributed by atoms with Crippen molar-refractivity contribution in [2.75, 3.05) is 0 Å². The third-order valence-corrected chi connectivity index (χ3v) is 3.37. The first-order chi connectivity index (χ1) is 7.65. The molecule has 0 saturated heterocycles. The van der Waals surface area contributed by atoms with Crippen molar-refractivity contribution in [1.82, 2.24) is 0 Å². The van der Waals surface area contributed by atoms with Crippen LogP contribution in [-0.4, -0.2) is 10.2 Å². The van der Waals surface area contributed by atoms with Gasteiger partial charge >= 0.3 is 0 Å². The number of phenols is 2. The topological polar surface area (TPSA) is 40.5 Å². The molecule has 2 aromatic carbocycles. The molecule has 0 aliphatic heterocycles. The van der Waals surface area contributed by atoms with Crippen LogP contribution in [0, 0.1) is 6.92 Å². The van der Waals surface area contributed by atoms with Crippen molar-refractivity contribution in [1.29, 1.82) is 0 Å². The molecule has 0 bridgehead atoms. The van der Waals surface area contributed by atoms with Crippen molar-refractivity contribution >= 4 is 11.8 Å². The molecular weight excluding hydrogens is 220 g/mol. The van der Waals surface area contributed by atoms with Crippen LogP contribution in [0.5, 0.6) is 11.5 Å². The molecule has 0 amide bonds. The minimum Gasteiger partial charge on any atom is -0.508 e. The molecule has 0 radical (unpaired) electrons. The fraction of sp³-hybridized carbons (Fsp3) is 0.0769. The Morgan fingerprint density at radius 2 is 1.69 bits per heavy atom. The third-order valence-electron chi connectivity index (χ3n) is 2.22. The van der Waals surface area contributed by atoms with Crippen LogP contribution in [0.2, 0.25) is 0 Å². The lowest BCUT2D eigenvalue weighted by atomic mass is 10.2. The molecule has 2 aromatic rings. The van der Waals surface area contributed by atoms with E-state index in [0.717, 1.165) is 15.4 Å². The highest BCUT2D eigenvalue weighted by Crippen LogP contribution is 2.33. The van der Waals surface area contributed by atoms with E-state index in [2.05, 4.69) is 0 Å². The predicted octanol–water partition coefficient (Wildman–Crippen LogP) is 3.56. The van der Waals surface area contributed by atoms with E-state index < -0.39 is 0 Å². The minimum absolute atomic E-state index is 0.253. The van der Waals surface area contributed by atoms with Gasteiger partial charge in [-0.2, -0.15) is 0 Å². The van der Waals surface area contributed by atoms with Gasteiger partial charge in [-0.1, -0.05) is 23.9 Å². The van der Waals surface area contributed by atoms with Crippen molar-refractivity contribution in [2.45, 2.75) is 16.7 Å². The summed E-state index contributed by atoms with van der Waals surface area (Å²) in [5.74, 6) is 0.510. The van der Waals surface area contributed by atoms with Crippen LogP contribution in [0.15, 0.2) is 52.3 Å². The summed E-state index contributed by atoms with van der Waals surface area (Å²) in [5, 5.41) is 18.8. The third kappa shape index (κ3) is 2.49. The van der Waals surface area contributed by atoms with Gasteiger partial charge in [0.2, 0.25) is 0 Å². The number of phenolic OH excluding ortho intramolecular Hbond substituents is 2. The Morgan fingerprint density at radius 3 is 2.44 bits per heavy atom. The summed E-state index contributed by atoms with van der Waals surface area (Å²) < 4.78 is 0. The highest BCUT2D eigenvalue weighted by molar-refractivity contribution is 7.99. The van der Waals surface area contributed by atoms with Crippen LogP contribution in [0.25, 0.3) is 0 Å². The molecule has 82 valence electrons. The van der Waals surface area contributed by atoms with E-state index in [0.29, 0.717) is 0 Å². The Labute approximate surface area is 98.6 Å². The Hall–Kier alpha value is -1.61. The highest BCUT2D eigenvalue weighted by Gasteiger charge is 2.03. The van der Waals surface area contributed by atoms with Crippen molar-refractivity contribution in [2.24, 2.45) is 0 Å². The molecule has 0 aliphatic carbocycles. The van der Waals surface area contributed by atoms with Gasteiger partial charge < -0.3 is 10.2 Å². The van der Waals surface area contributed by atoms with Gasteiger partial charge in [-0.3, -0.25) is 0 Å². The Morgan fingerprint density at radius 1 is 0.938 bits per heavy atom. The van der Waals surface area contributed by atoms with Gasteiger partial charge in [-0.15, -0.1) is 0 Å². The Balaban J connectivity index is 2.30. The summed E-state index contributed by atoms with van der Waals surface area (Å²) in [4.78, 5) is 1.94. The summed E-state index contributed by atoms with van der Waals surface area (Å²) in [7, 11) is 0. The molecule has 0 aromatic heterocycles. The predicted molar refractivity (Wildman–Crippen MR) is 65.1 cm³/mol. The largest absolute Gasteiger partial charge is 0.508 e. The summed E-state index contributed by atoms with van der Waals surface area (Å²) in [6.07, 6.45) is 0. The van der Waals surface area contributed by atoms with Gasteiger partial charge in [0.25, 0.3) is 0 Å². The number of hydrogen-bond donors (Lipinski definition) is 2. The first-order valence-corrected chi connectivity index (χ1v) is 5.73. The van der Waals surface area contributed by atoms with Crippen molar-refractivity contribution < 1.29 is 10.2 Å². The van der Waals surface area contributed by atoms with Crippen LogP contribution in [0.4, 0.5) is 0 Å². The maximum atomic E-state index is 9.41. The fourth-order valence-electron chi connectivity index (χ4n) is 1.37. The molecule has 2 rings (SSSR count). The molecule has 16 heavy (non-hydrogen) atoms. The monoisotopic (exact) mass is 232 g/mol. The standard InChI is InChI=1S/C13H12O2S/c1-9-5-6-11(15)8-13(9)16-12-4-2-3-10(14)7-12/h2-8,14-15H,1H3. The van der Waals surface area contributed by atoms with E-state index in [1.807, 2.05) is 19.1 Å². The molecule has 0 saturated carbocycles. The second-order valence-corrected chi connectivity index (χ2v) is 4.66. The van der Waals surface area contributed by atoms with Crippen molar-refractivity contribution in [3.05, 3.63) is 48.0 Å². The lowest BCUT2D eigenvalue weighted by Crippen LogP contribution is -1.79. The second kappa shape index (κ2) is 4.49. The van der Waals surface area contributed by atoms with E-state index in [1.165, 1.54) is 11.8 Å². The van der Waals surface area contributed by atoms with E-state index in [-0.39, 0.29) is 11.5 Å². The maximum absolute atomic E-state index is 9.41. The van der Waals surface area contributed by atoms with Crippen molar-refractivity contribution in [3.63, 3.8) is 0 Å². The molecule has 0 heterocycles. The molecule has 0 spiro atoms. The first kappa shape index (κ1) is 10.9. The molecule has 0 fully saturated rings.